The number of aryl methyl sites for hydroxylation is 1. The maximum atomic E-state index is 14.4. The average molecular weight is 568 g/mol. The number of nitrogens with one attached hydrogen (secondary N) is 1. The van der Waals surface area contributed by atoms with Crippen molar-refractivity contribution in [3.63, 3.8) is 0 Å². The molecule has 0 saturated heterocycles. The fraction of sp³-hybridized carbons (Fsp3) is 0.281. The van der Waals surface area contributed by atoms with Gasteiger partial charge in [0.15, 0.2) is 0 Å². The Hall–Kier alpha value is -3.51. The molecule has 1 N–H and O–H groups in total. The maximum Gasteiger partial charge on any atom is 0.259 e. The fourth-order valence-electron chi connectivity index (χ4n) is 6.13. The van der Waals surface area contributed by atoms with E-state index in [4.69, 9.17) is 4.98 Å². The van der Waals surface area contributed by atoms with Crippen LogP contribution in [-0.4, -0.2) is 15.8 Å². The van der Waals surface area contributed by atoms with Gasteiger partial charge in [0.1, 0.15) is 0 Å². The predicted molar refractivity (Wildman–Crippen MR) is 158 cm³/mol. The van der Waals surface area contributed by atoms with E-state index in [1.54, 1.807) is 6.21 Å². The van der Waals surface area contributed by atoms with Crippen LogP contribution in [0.3, 0.4) is 0 Å². The van der Waals surface area contributed by atoms with E-state index in [9.17, 15) is 4.79 Å². The molecule has 0 unspecified atom stereocenters. The van der Waals surface area contributed by atoms with Gasteiger partial charge in [0, 0.05) is 22.0 Å². The monoisotopic (exact) mass is 566 g/mol. The van der Waals surface area contributed by atoms with Crippen molar-refractivity contribution >= 4 is 28.1 Å². The van der Waals surface area contributed by atoms with Gasteiger partial charge in [0.25, 0.3) is 5.56 Å². The Balaban J connectivity index is 1.46. The van der Waals surface area contributed by atoms with Crippen molar-refractivity contribution < 1.29 is 0 Å². The molecule has 1 spiro atoms. The molecule has 192 valence electrons. The van der Waals surface area contributed by atoms with Crippen LogP contribution in [0, 0.1) is 0 Å². The molecule has 1 aromatic heterocycles. The standard InChI is InChI=1S/C32H31BrN4O/c33-26-15-13-24(14-16-26)22-34-36-31-35-29-27-12-6-5-11-25(27)21-32(18-7-2-8-19-32)28(29)30(38)37(31)20-17-23-9-3-1-4-10-23/h1,3-6,9-16,22H,2,7-8,17-21H2,(H,35,36). The summed E-state index contributed by atoms with van der Waals surface area (Å²) in [6.07, 6.45) is 9.05. The molecule has 0 atom stereocenters. The van der Waals surface area contributed by atoms with Gasteiger partial charge in [-0.1, -0.05) is 102 Å². The van der Waals surface area contributed by atoms with Gasteiger partial charge < -0.3 is 0 Å². The van der Waals surface area contributed by atoms with Gasteiger partial charge >= 0.3 is 0 Å². The van der Waals surface area contributed by atoms with Gasteiger partial charge in [0.05, 0.1) is 17.5 Å². The molecular weight excluding hydrogens is 536 g/mol. The molecule has 4 aromatic rings. The highest BCUT2D eigenvalue weighted by Crippen LogP contribution is 2.48. The van der Waals surface area contributed by atoms with E-state index in [0.29, 0.717) is 12.5 Å². The third kappa shape index (κ3) is 4.85. The lowest BCUT2D eigenvalue weighted by molar-refractivity contribution is 0.283. The minimum Gasteiger partial charge on any atom is -0.277 e. The molecule has 2 aliphatic rings. The molecule has 0 bridgehead atoms. The molecule has 6 heteroatoms. The average Bonchev–Trinajstić information content (AvgIpc) is 2.94. The third-order valence-electron chi connectivity index (χ3n) is 8.03. The van der Waals surface area contributed by atoms with Crippen molar-refractivity contribution in [1.82, 2.24) is 9.55 Å². The van der Waals surface area contributed by atoms with Crippen molar-refractivity contribution in [2.45, 2.75) is 56.9 Å². The summed E-state index contributed by atoms with van der Waals surface area (Å²) in [6.45, 7) is 0.539. The Kier molecular flexibility index (Phi) is 6.98. The summed E-state index contributed by atoms with van der Waals surface area (Å²) in [7, 11) is 0. The van der Waals surface area contributed by atoms with Gasteiger partial charge in [-0.3, -0.25) is 9.36 Å². The Labute approximate surface area is 231 Å². The Morgan fingerprint density at radius 3 is 2.47 bits per heavy atom. The van der Waals surface area contributed by atoms with E-state index in [1.807, 2.05) is 53.1 Å². The quantitative estimate of drug-likeness (QED) is 0.199. The number of hydrazone groups is 1. The lowest BCUT2D eigenvalue weighted by Gasteiger charge is -2.42. The summed E-state index contributed by atoms with van der Waals surface area (Å²) >= 11 is 3.47. The minimum absolute atomic E-state index is 0.0728. The number of benzene rings is 3. The van der Waals surface area contributed by atoms with Crippen LogP contribution < -0.4 is 11.0 Å². The molecule has 2 aliphatic carbocycles. The van der Waals surface area contributed by atoms with E-state index in [-0.39, 0.29) is 11.0 Å². The second kappa shape index (κ2) is 10.7. The molecule has 6 rings (SSSR count). The van der Waals surface area contributed by atoms with Crippen molar-refractivity contribution in [3.8, 4) is 11.3 Å². The number of anilines is 1. The molecule has 1 heterocycles. The highest BCUT2D eigenvalue weighted by atomic mass is 79.9. The van der Waals surface area contributed by atoms with Gasteiger partial charge in [0.2, 0.25) is 5.95 Å². The summed E-state index contributed by atoms with van der Waals surface area (Å²) in [5, 5.41) is 4.49. The van der Waals surface area contributed by atoms with Crippen molar-refractivity contribution in [3.05, 3.63) is 116 Å². The van der Waals surface area contributed by atoms with E-state index in [0.717, 1.165) is 65.4 Å². The minimum atomic E-state index is -0.139. The number of halogens is 1. The van der Waals surface area contributed by atoms with Crippen LogP contribution in [0.15, 0.2) is 93.2 Å². The Morgan fingerprint density at radius 2 is 1.68 bits per heavy atom. The molecule has 5 nitrogen and oxygen atoms in total. The van der Waals surface area contributed by atoms with E-state index in [1.165, 1.54) is 17.5 Å². The van der Waals surface area contributed by atoms with Crippen molar-refractivity contribution in [2.24, 2.45) is 5.10 Å². The lowest BCUT2D eigenvalue weighted by Crippen LogP contribution is -2.43. The second-order valence-corrected chi connectivity index (χ2v) is 11.4. The summed E-state index contributed by atoms with van der Waals surface area (Å²) in [5.74, 6) is 0.487. The zero-order chi connectivity index (χ0) is 26.0. The van der Waals surface area contributed by atoms with Crippen LogP contribution in [0.4, 0.5) is 5.95 Å². The number of hydrogen-bond donors (Lipinski definition) is 1. The van der Waals surface area contributed by atoms with Crippen LogP contribution in [-0.2, 0) is 24.8 Å². The van der Waals surface area contributed by atoms with Gasteiger partial charge in [-0.25, -0.2) is 10.4 Å². The summed E-state index contributed by atoms with van der Waals surface area (Å²) in [5.41, 5.74) is 9.33. The molecular formula is C32H31BrN4O. The SMILES string of the molecule is O=c1c2c(nc(NN=Cc3ccc(Br)cc3)n1CCc1ccccc1)-c1ccccc1CC21CCCCC1. The summed E-state index contributed by atoms with van der Waals surface area (Å²) in [6, 6.07) is 26.7. The number of hydrogen-bond acceptors (Lipinski definition) is 4. The zero-order valence-electron chi connectivity index (χ0n) is 21.4. The van der Waals surface area contributed by atoms with Gasteiger partial charge in [-0.2, -0.15) is 5.10 Å². The van der Waals surface area contributed by atoms with Crippen LogP contribution in [0.25, 0.3) is 11.3 Å². The maximum absolute atomic E-state index is 14.4. The first-order chi connectivity index (χ1) is 18.6. The van der Waals surface area contributed by atoms with Gasteiger partial charge in [-0.05, 0) is 54.5 Å². The largest absolute Gasteiger partial charge is 0.277 e. The molecule has 0 radical (unpaired) electrons. The first kappa shape index (κ1) is 24.8. The van der Waals surface area contributed by atoms with Crippen LogP contribution >= 0.6 is 15.9 Å². The number of fused-ring (bicyclic) bond motifs is 4. The molecule has 1 fully saturated rings. The topological polar surface area (TPSA) is 59.3 Å². The Bertz CT molecular complexity index is 1520. The zero-order valence-corrected chi connectivity index (χ0v) is 23.0. The van der Waals surface area contributed by atoms with Crippen LogP contribution in [0.2, 0.25) is 0 Å². The molecule has 38 heavy (non-hydrogen) atoms. The lowest BCUT2D eigenvalue weighted by atomic mass is 9.62. The van der Waals surface area contributed by atoms with E-state index >= 15 is 0 Å². The number of nitrogens with zero attached hydrogens (tertiary/aromatic N) is 3. The van der Waals surface area contributed by atoms with Crippen LogP contribution in [0.5, 0.6) is 0 Å². The number of rotatable bonds is 6. The molecule has 0 amide bonds. The smallest absolute Gasteiger partial charge is 0.259 e. The molecule has 1 saturated carbocycles. The Morgan fingerprint density at radius 1 is 0.947 bits per heavy atom. The van der Waals surface area contributed by atoms with E-state index < -0.39 is 0 Å². The summed E-state index contributed by atoms with van der Waals surface area (Å²) < 4.78 is 2.83. The predicted octanol–water partition coefficient (Wildman–Crippen LogP) is 7.12. The van der Waals surface area contributed by atoms with Gasteiger partial charge in [-0.15, -0.1) is 0 Å². The summed E-state index contributed by atoms with van der Waals surface area (Å²) in [4.78, 5) is 19.6. The molecule has 0 aliphatic heterocycles. The van der Waals surface area contributed by atoms with Crippen molar-refractivity contribution in [2.75, 3.05) is 5.43 Å². The fourth-order valence-corrected chi connectivity index (χ4v) is 6.40. The second-order valence-electron chi connectivity index (χ2n) is 10.4. The highest BCUT2D eigenvalue weighted by Gasteiger charge is 2.43. The first-order valence-electron chi connectivity index (χ1n) is 13.5. The van der Waals surface area contributed by atoms with Crippen LogP contribution in [0.1, 0.15) is 54.4 Å². The first-order valence-corrected chi connectivity index (χ1v) is 14.2. The third-order valence-corrected chi connectivity index (χ3v) is 8.56. The van der Waals surface area contributed by atoms with E-state index in [2.05, 4.69) is 56.8 Å². The normalized spacial score (nSPS) is 15.8. The number of aromatic nitrogens is 2. The molecule has 3 aromatic carbocycles. The highest BCUT2D eigenvalue weighted by molar-refractivity contribution is 9.10. The van der Waals surface area contributed by atoms with Crippen molar-refractivity contribution in [1.29, 1.82) is 0 Å².